The molecule has 0 saturated carbocycles. The third kappa shape index (κ3) is 4.10. The highest BCUT2D eigenvalue weighted by molar-refractivity contribution is 9.10. The van der Waals surface area contributed by atoms with Crippen molar-refractivity contribution in [1.29, 1.82) is 0 Å². The highest BCUT2D eigenvalue weighted by atomic mass is 79.9. The first kappa shape index (κ1) is 15.2. The second-order valence-corrected chi connectivity index (χ2v) is 5.68. The number of rotatable bonds is 4. The number of nitrogens with one attached hydrogen (secondary N) is 1. The monoisotopic (exact) mass is 377 g/mol. The first-order chi connectivity index (χ1) is 8.45. The molecule has 1 aromatic rings. The molecular formula is C12H13Br2NO3. The number of carbonyl (C=O) groups is 2. The summed E-state index contributed by atoms with van der Waals surface area (Å²) in [5.41, 5.74) is 1.45. The SMILES string of the molecule is COC(=O)C(Br)CNC(=O)c1ccc(Br)cc1C. The largest absolute Gasteiger partial charge is 0.468 e. The van der Waals surface area contributed by atoms with Crippen LogP contribution < -0.4 is 5.32 Å². The van der Waals surface area contributed by atoms with E-state index in [4.69, 9.17) is 0 Å². The van der Waals surface area contributed by atoms with Crippen molar-refractivity contribution in [3.8, 4) is 0 Å². The molecule has 0 heterocycles. The van der Waals surface area contributed by atoms with Crippen LogP contribution in [0.5, 0.6) is 0 Å². The lowest BCUT2D eigenvalue weighted by Crippen LogP contribution is -2.34. The topological polar surface area (TPSA) is 55.4 Å². The third-order valence-corrected chi connectivity index (χ3v) is 3.52. The van der Waals surface area contributed by atoms with E-state index in [-0.39, 0.29) is 12.5 Å². The Hall–Kier alpha value is -0.880. The molecule has 98 valence electrons. The minimum atomic E-state index is -0.540. The number of halogens is 2. The molecule has 1 rings (SSSR count). The molecule has 0 radical (unpaired) electrons. The van der Waals surface area contributed by atoms with Crippen molar-refractivity contribution in [2.24, 2.45) is 0 Å². The van der Waals surface area contributed by atoms with Crippen LogP contribution in [-0.2, 0) is 9.53 Å². The molecule has 1 amide bonds. The van der Waals surface area contributed by atoms with Crippen LogP contribution in [0.25, 0.3) is 0 Å². The number of hydrogen-bond acceptors (Lipinski definition) is 3. The van der Waals surface area contributed by atoms with Crippen LogP contribution in [-0.4, -0.2) is 30.4 Å². The second-order valence-electron chi connectivity index (χ2n) is 3.66. The van der Waals surface area contributed by atoms with Gasteiger partial charge in [0.25, 0.3) is 5.91 Å². The van der Waals surface area contributed by atoms with Gasteiger partial charge < -0.3 is 10.1 Å². The second kappa shape index (κ2) is 6.89. The van der Waals surface area contributed by atoms with Crippen molar-refractivity contribution in [2.75, 3.05) is 13.7 Å². The van der Waals surface area contributed by atoms with Gasteiger partial charge in [0, 0.05) is 16.6 Å². The highest BCUT2D eigenvalue weighted by Gasteiger charge is 2.17. The van der Waals surface area contributed by atoms with E-state index in [2.05, 4.69) is 41.9 Å². The Balaban J connectivity index is 2.63. The number of esters is 1. The van der Waals surface area contributed by atoms with Crippen LogP contribution >= 0.6 is 31.9 Å². The maximum Gasteiger partial charge on any atom is 0.321 e. The fraction of sp³-hybridized carbons (Fsp3) is 0.333. The van der Waals surface area contributed by atoms with Gasteiger partial charge in [-0.05, 0) is 30.7 Å². The molecule has 0 saturated heterocycles. The van der Waals surface area contributed by atoms with E-state index in [0.29, 0.717) is 5.56 Å². The summed E-state index contributed by atoms with van der Waals surface area (Å²) in [4.78, 5) is 22.5. The number of aryl methyl sites for hydroxylation is 1. The first-order valence-electron chi connectivity index (χ1n) is 5.22. The molecule has 0 fully saturated rings. The molecule has 0 aromatic heterocycles. The molecule has 1 unspecified atom stereocenters. The van der Waals surface area contributed by atoms with Gasteiger partial charge in [0.1, 0.15) is 4.83 Å². The maximum absolute atomic E-state index is 11.9. The zero-order valence-electron chi connectivity index (χ0n) is 10.00. The number of alkyl halides is 1. The van der Waals surface area contributed by atoms with Crippen LogP contribution in [0.2, 0.25) is 0 Å². The van der Waals surface area contributed by atoms with Crippen LogP contribution in [0.1, 0.15) is 15.9 Å². The fourth-order valence-electron chi connectivity index (χ4n) is 1.37. The van der Waals surface area contributed by atoms with Gasteiger partial charge in [-0.3, -0.25) is 9.59 Å². The molecule has 1 atom stereocenters. The Kier molecular flexibility index (Phi) is 5.81. The van der Waals surface area contributed by atoms with Gasteiger partial charge in [0.2, 0.25) is 0 Å². The summed E-state index contributed by atoms with van der Waals surface area (Å²) < 4.78 is 5.47. The van der Waals surface area contributed by atoms with Crippen molar-refractivity contribution >= 4 is 43.7 Å². The zero-order chi connectivity index (χ0) is 13.7. The summed E-state index contributed by atoms with van der Waals surface area (Å²) in [5.74, 6) is -0.629. The molecule has 1 aromatic carbocycles. The molecule has 1 N–H and O–H groups in total. The number of methoxy groups -OCH3 is 1. The Bertz CT molecular complexity index is 463. The summed E-state index contributed by atoms with van der Waals surface area (Å²) in [6.07, 6.45) is 0. The van der Waals surface area contributed by atoms with Gasteiger partial charge in [-0.15, -0.1) is 0 Å². The van der Waals surface area contributed by atoms with Gasteiger partial charge in [0.15, 0.2) is 0 Å². The smallest absolute Gasteiger partial charge is 0.321 e. The lowest BCUT2D eigenvalue weighted by atomic mass is 10.1. The summed E-state index contributed by atoms with van der Waals surface area (Å²) in [7, 11) is 1.30. The van der Waals surface area contributed by atoms with Crippen molar-refractivity contribution in [3.63, 3.8) is 0 Å². The Morgan fingerprint density at radius 3 is 2.67 bits per heavy atom. The predicted molar refractivity (Wildman–Crippen MR) is 75.9 cm³/mol. The number of carbonyl (C=O) groups excluding carboxylic acids is 2. The molecule has 0 aliphatic carbocycles. The van der Waals surface area contributed by atoms with E-state index >= 15 is 0 Å². The van der Waals surface area contributed by atoms with Gasteiger partial charge in [-0.25, -0.2) is 0 Å². The van der Waals surface area contributed by atoms with Crippen molar-refractivity contribution < 1.29 is 14.3 Å². The summed E-state index contributed by atoms with van der Waals surface area (Å²) >= 11 is 6.47. The lowest BCUT2D eigenvalue weighted by molar-refractivity contribution is -0.139. The zero-order valence-corrected chi connectivity index (χ0v) is 13.2. The minimum absolute atomic E-state index is 0.182. The Morgan fingerprint density at radius 2 is 2.11 bits per heavy atom. The third-order valence-electron chi connectivity index (χ3n) is 2.33. The van der Waals surface area contributed by atoms with E-state index < -0.39 is 10.8 Å². The van der Waals surface area contributed by atoms with E-state index in [1.54, 1.807) is 12.1 Å². The summed E-state index contributed by atoms with van der Waals surface area (Å²) in [6, 6.07) is 5.39. The van der Waals surface area contributed by atoms with Crippen LogP contribution in [0.4, 0.5) is 0 Å². The van der Waals surface area contributed by atoms with Crippen LogP contribution in [0, 0.1) is 6.92 Å². The van der Waals surface area contributed by atoms with Crippen molar-refractivity contribution in [1.82, 2.24) is 5.32 Å². The molecular weight excluding hydrogens is 366 g/mol. The quantitative estimate of drug-likeness (QED) is 0.646. The predicted octanol–water partition coefficient (Wildman–Crippen LogP) is 2.42. The van der Waals surface area contributed by atoms with E-state index in [9.17, 15) is 9.59 Å². The first-order valence-corrected chi connectivity index (χ1v) is 6.93. The lowest BCUT2D eigenvalue weighted by Gasteiger charge is -2.10. The van der Waals surface area contributed by atoms with E-state index in [0.717, 1.165) is 10.0 Å². The Labute approximate surface area is 122 Å². The van der Waals surface area contributed by atoms with E-state index in [1.807, 2.05) is 13.0 Å². The van der Waals surface area contributed by atoms with Gasteiger partial charge in [0.05, 0.1) is 7.11 Å². The molecule has 0 spiro atoms. The Morgan fingerprint density at radius 1 is 1.44 bits per heavy atom. The average Bonchev–Trinajstić information content (AvgIpc) is 2.34. The van der Waals surface area contributed by atoms with Gasteiger partial charge in [-0.1, -0.05) is 31.9 Å². The van der Waals surface area contributed by atoms with E-state index in [1.165, 1.54) is 7.11 Å². The standard InChI is InChI=1S/C12H13Br2NO3/c1-7-5-8(13)3-4-9(7)11(16)15-6-10(14)12(17)18-2/h3-5,10H,6H2,1-2H3,(H,15,16). The average molecular weight is 379 g/mol. The molecule has 18 heavy (non-hydrogen) atoms. The summed E-state index contributed by atoms with van der Waals surface area (Å²) in [6.45, 7) is 2.03. The number of amides is 1. The van der Waals surface area contributed by atoms with Crippen molar-refractivity contribution in [3.05, 3.63) is 33.8 Å². The minimum Gasteiger partial charge on any atom is -0.468 e. The van der Waals surface area contributed by atoms with Crippen LogP contribution in [0.3, 0.4) is 0 Å². The molecule has 0 aliphatic rings. The maximum atomic E-state index is 11.9. The molecule has 0 aliphatic heterocycles. The van der Waals surface area contributed by atoms with Gasteiger partial charge >= 0.3 is 5.97 Å². The van der Waals surface area contributed by atoms with Gasteiger partial charge in [-0.2, -0.15) is 0 Å². The molecule has 6 heteroatoms. The van der Waals surface area contributed by atoms with Crippen LogP contribution in [0.15, 0.2) is 22.7 Å². The number of ether oxygens (including phenoxy) is 1. The molecule has 0 bridgehead atoms. The number of benzene rings is 1. The number of hydrogen-bond donors (Lipinski definition) is 1. The fourth-order valence-corrected chi connectivity index (χ4v) is 2.19. The normalized spacial score (nSPS) is 11.8. The highest BCUT2D eigenvalue weighted by Crippen LogP contribution is 2.15. The van der Waals surface area contributed by atoms with Crippen molar-refractivity contribution in [2.45, 2.75) is 11.8 Å². The summed E-state index contributed by atoms with van der Waals surface area (Å²) in [5, 5.41) is 2.67. The molecule has 4 nitrogen and oxygen atoms in total.